The highest BCUT2D eigenvalue weighted by Gasteiger charge is 2.32. The molecule has 0 spiro atoms. The second kappa shape index (κ2) is 7.82. The lowest BCUT2D eigenvalue weighted by molar-refractivity contribution is -0.274. The maximum Gasteiger partial charge on any atom is 0.573 e. The van der Waals surface area contributed by atoms with Crippen LogP contribution in [0.4, 0.5) is 32.2 Å². The molecule has 2 heterocycles. The summed E-state index contributed by atoms with van der Waals surface area (Å²) < 4.78 is 81.4. The first-order chi connectivity index (χ1) is 14.6. The van der Waals surface area contributed by atoms with Crippen molar-refractivity contribution in [3.05, 3.63) is 59.7 Å². The number of hydrogen-bond acceptors (Lipinski definition) is 3. The molecule has 31 heavy (non-hydrogen) atoms. The smallest absolute Gasteiger partial charge is 0.406 e. The standard InChI is InChI=1S/C21H17F6N3O/c22-20(23,24)14-6-4-13(5-7-14)18-17-3-1-2-12-28-19(17)30(29-18)15-8-10-16(11-9-15)31-21(25,26)27/h4-11,28H,1-3,12H2. The van der Waals surface area contributed by atoms with E-state index in [-0.39, 0.29) is 5.75 Å². The van der Waals surface area contributed by atoms with Crippen LogP contribution in [-0.2, 0) is 12.6 Å². The molecule has 10 heteroatoms. The van der Waals surface area contributed by atoms with Crippen molar-refractivity contribution in [3.8, 4) is 22.7 Å². The van der Waals surface area contributed by atoms with Gasteiger partial charge in [0, 0.05) is 17.7 Å². The van der Waals surface area contributed by atoms with Crippen LogP contribution in [0.3, 0.4) is 0 Å². The average molecular weight is 441 g/mol. The van der Waals surface area contributed by atoms with Gasteiger partial charge in [-0.1, -0.05) is 12.1 Å². The van der Waals surface area contributed by atoms with Crippen molar-refractivity contribution in [2.45, 2.75) is 31.8 Å². The van der Waals surface area contributed by atoms with E-state index in [0.717, 1.165) is 30.5 Å². The highest BCUT2D eigenvalue weighted by molar-refractivity contribution is 5.71. The van der Waals surface area contributed by atoms with Crippen LogP contribution in [0, 0.1) is 0 Å². The molecule has 0 bridgehead atoms. The lowest BCUT2D eigenvalue weighted by Crippen LogP contribution is -2.17. The number of fused-ring (bicyclic) bond motifs is 1. The Labute approximate surface area is 173 Å². The highest BCUT2D eigenvalue weighted by Crippen LogP contribution is 2.36. The third-order valence-electron chi connectivity index (χ3n) is 4.93. The van der Waals surface area contributed by atoms with E-state index >= 15 is 0 Å². The Hall–Kier alpha value is -3.17. The van der Waals surface area contributed by atoms with Crippen LogP contribution in [0.2, 0.25) is 0 Å². The van der Waals surface area contributed by atoms with E-state index in [2.05, 4.69) is 15.2 Å². The summed E-state index contributed by atoms with van der Waals surface area (Å²) in [5.41, 5.74) is 1.67. The van der Waals surface area contributed by atoms with Crippen molar-refractivity contribution < 1.29 is 31.1 Å². The molecule has 0 unspecified atom stereocenters. The molecule has 4 nitrogen and oxygen atoms in total. The van der Waals surface area contributed by atoms with Gasteiger partial charge in [0.25, 0.3) is 0 Å². The molecule has 0 radical (unpaired) electrons. The third-order valence-corrected chi connectivity index (χ3v) is 4.93. The minimum absolute atomic E-state index is 0.356. The zero-order chi connectivity index (χ0) is 22.2. The number of benzene rings is 2. The number of alkyl halides is 6. The van der Waals surface area contributed by atoms with Gasteiger partial charge in [-0.05, 0) is 55.7 Å². The molecule has 1 aliphatic heterocycles. The summed E-state index contributed by atoms with van der Waals surface area (Å²) in [5.74, 6) is 0.322. The zero-order valence-corrected chi connectivity index (χ0v) is 16.0. The Morgan fingerprint density at radius 1 is 0.871 bits per heavy atom. The molecule has 0 fully saturated rings. The summed E-state index contributed by atoms with van der Waals surface area (Å²) in [6.45, 7) is 0.681. The molecule has 3 aromatic rings. The molecule has 0 saturated heterocycles. The van der Waals surface area contributed by atoms with Crippen LogP contribution in [0.5, 0.6) is 5.75 Å². The number of hydrogen-bond donors (Lipinski definition) is 1. The Kier molecular flexibility index (Phi) is 5.32. The summed E-state index contributed by atoms with van der Waals surface area (Å²) in [5, 5.41) is 7.86. The number of halogens is 6. The first-order valence-corrected chi connectivity index (χ1v) is 9.51. The van der Waals surface area contributed by atoms with Crippen LogP contribution in [-0.4, -0.2) is 22.7 Å². The normalized spacial score (nSPS) is 14.5. The van der Waals surface area contributed by atoms with Crippen molar-refractivity contribution >= 4 is 5.82 Å². The number of nitrogens with zero attached hydrogens (tertiary/aromatic N) is 2. The van der Waals surface area contributed by atoms with Gasteiger partial charge in [-0.25, -0.2) is 4.68 Å². The fourth-order valence-corrected chi connectivity index (χ4v) is 3.53. The van der Waals surface area contributed by atoms with Gasteiger partial charge in [-0.2, -0.15) is 18.3 Å². The van der Waals surface area contributed by atoms with Gasteiger partial charge in [0.2, 0.25) is 0 Å². The molecule has 0 atom stereocenters. The number of rotatable bonds is 3. The molecular formula is C21H17F6N3O. The quantitative estimate of drug-likeness (QED) is 0.492. The van der Waals surface area contributed by atoms with Crippen molar-refractivity contribution in [3.63, 3.8) is 0 Å². The molecule has 0 aliphatic carbocycles. The van der Waals surface area contributed by atoms with Crippen LogP contribution >= 0.6 is 0 Å². The highest BCUT2D eigenvalue weighted by atomic mass is 19.4. The molecule has 0 amide bonds. The second-order valence-corrected chi connectivity index (χ2v) is 7.09. The molecule has 164 valence electrons. The summed E-state index contributed by atoms with van der Waals surface area (Å²) in [7, 11) is 0. The van der Waals surface area contributed by atoms with Crippen LogP contribution in [0.1, 0.15) is 24.0 Å². The van der Waals surface area contributed by atoms with E-state index in [0.29, 0.717) is 35.7 Å². The van der Waals surface area contributed by atoms with E-state index < -0.39 is 18.1 Å². The van der Waals surface area contributed by atoms with Crippen LogP contribution < -0.4 is 10.1 Å². The average Bonchev–Trinajstić information content (AvgIpc) is 2.88. The molecule has 0 saturated carbocycles. The molecule has 2 aromatic carbocycles. The summed E-state index contributed by atoms with van der Waals surface area (Å²) in [4.78, 5) is 0. The predicted molar refractivity (Wildman–Crippen MR) is 102 cm³/mol. The second-order valence-electron chi connectivity index (χ2n) is 7.09. The lowest BCUT2D eigenvalue weighted by atomic mass is 10.0. The van der Waals surface area contributed by atoms with E-state index in [9.17, 15) is 26.3 Å². The van der Waals surface area contributed by atoms with Gasteiger partial charge < -0.3 is 10.1 Å². The van der Waals surface area contributed by atoms with E-state index in [1.807, 2.05) is 0 Å². The number of anilines is 1. The summed E-state index contributed by atoms with van der Waals surface area (Å²) in [6, 6.07) is 10.0. The third kappa shape index (κ3) is 4.62. The van der Waals surface area contributed by atoms with Crippen LogP contribution in [0.25, 0.3) is 16.9 Å². The van der Waals surface area contributed by atoms with Crippen molar-refractivity contribution in [2.75, 3.05) is 11.9 Å². The maximum atomic E-state index is 12.9. The number of nitrogens with one attached hydrogen (secondary N) is 1. The van der Waals surface area contributed by atoms with Gasteiger partial charge in [0.1, 0.15) is 11.6 Å². The van der Waals surface area contributed by atoms with E-state index in [1.165, 1.54) is 36.4 Å². The predicted octanol–water partition coefficient (Wildman–Crippen LogP) is 6.20. The van der Waals surface area contributed by atoms with Crippen molar-refractivity contribution in [2.24, 2.45) is 0 Å². The van der Waals surface area contributed by atoms with Gasteiger partial charge in [-0.3, -0.25) is 0 Å². The molecule has 4 rings (SSSR count). The van der Waals surface area contributed by atoms with Gasteiger partial charge >= 0.3 is 12.5 Å². The number of ether oxygens (including phenoxy) is 1. The van der Waals surface area contributed by atoms with E-state index in [1.54, 1.807) is 4.68 Å². The van der Waals surface area contributed by atoms with E-state index in [4.69, 9.17) is 0 Å². The minimum atomic E-state index is -4.79. The summed E-state index contributed by atoms with van der Waals surface area (Å²) >= 11 is 0. The van der Waals surface area contributed by atoms with Gasteiger partial charge in [0.05, 0.1) is 16.9 Å². The first kappa shape index (κ1) is 21.1. The number of aromatic nitrogens is 2. The molecule has 1 aliphatic rings. The SMILES string of the molecule is FC(F)(F)Oc1ccc(-n2nc(-c3ccc(C(F)(F)F)cc3)c3c2NCCCC3)cc1. The van der Waals surface area contributed by atoms with Crippen molar-refractivity contribution in [1.29, 1.82) is 0 Å². The molecule has 1 N–H and O–H groups in total. The van der Waals surface area contributed by atoms with Gasteiger partial charge in [0.15, 0.2) is 0 Å². The van der Waals surface area contributed by atoms with Gasteiger partial charge in [-0.15, -0.1) is 13.2 Å². The zero-order valence-electron chi connectivity index (χ0n) is 16.0. The summed E-state index contributed by atoms with van der Waals surface area (Å²) in [6.07, 6.45) is -6.77. The minimum Gasteiger partial charge on any atom is -0.406 e. The fourth-order valence-electron chi connectivity index (χ4n) is 3.53. The lowest BCUT2D eigenvalue weighted by Gasteiger charge is -2.11. The first-order valence-electron chi connectivity index (χ1n) is 9.51. The Morgan fingerprint density at radius 3 is 2.16 bits per heavy atom. The Bertz CT molecular complexity index is 1050. The Balaban J connectivity index is 1.74. The topological polar surface area (TPSA) is 39.1 Å². The molecule has 1 aromatic heterocycles. The largest absolute Gasteiger partial charge is 0.573 e. The Morgan fingerprint density at radius 2 is 1.55 bits per heavy atom. The monoisotopic (exact) mass is 441 g/mol. The van der Waals surface area contributed by atoms with Crippen molar-refractivity contribution in [1.82, 2.24) is 9.78 Å². The molecular weight excluding hydrogens is 424 g/mol. The van der Waals surface area contributed by atoms with Crippen LogP contribution in [0.15, 0.2) is 48.5 Å². The fraction of sp³-hybridized carbons (Fsp3) is 0.286. The maximum absolute atomic E-state index is 12.9.